The average Bonchev–Trinajstić information content (AvgIpc) is 3.82. The minimum absolute atomic E-state index is 0.186. The Bertz CT molecular complexity index is 2840. The second-order valence-corrected chi connectivity index (χ2v) is 18.6. The van der Waals surface area contributed by atoms with E-state index in [4.69, 9.17) is 29.7 Å². The highest BCUT2D eigenvalue weighted by Gasteiger charge is 2.30. The number of piperidine rings is 1. The van der Waals surface area contributed by atoms with Gasteiger partial charge in [-0.25, -0.2) is 20.1 Å². The molecule has 1 unspecified atom stereocenters. The number of benzene rings is 1. The van der Waals surface area contributed by atoms with Gasteiger partial charge in [-0.05, 0) is 80.8 Å². The topological polar surface area (TPSA) is 243 Å². The van der Waals surface area contributed by atoms with E-state index in [9.17, 15) is 19.5 Å². The number of fused-ring (bicyclic) bond motifs is 2. The van der Waals surface area contributed by atoms with Gasteiger partial charge in [0.25, 0.3) is 5.56 Å². The number of anilines is 7. The number of nitrogens with zero attached hydrogens (tertiary/aromatic N) is 11. The molecule has 5 aromatic heterocycles. The van der Waals surface area contributed by atoms with Crippen molar-refractivity contribution in [3.8, 4) is 5.75 Å². The molecule has 4 aliphatic rings. The van der Waals surface area contributed by atoms with E-state index in [0.29, 0.717) is 83.0 Å². The van der Waals surface area contributed by atoms with Crippen LogP contribution in [0, 0.1) is 5.92 Å². The van der Waals surface area contributed by atoms with Crippen molar-refractivity contribution in [3.63, 3.8) is 0 Å². The van der Waals surface area contributed by atoms with Gasteiger partial charge in [0.05, 0.1) is 24.6 Å². The maximum atomic E-state index is 14.1. The number of hydrogen-bond acceptors (Lipinski definition) is 17. The summed E-state index contributed by atoms with van der Waals surface area (Å²) >= 11 is 0. The van der Waals surface area contributed by atoms with E-state index in [0.717, 1.165) is 109 Å². The van der Waals surface area contributed by atoms with Crippen LogP contribution in [0.4, 0.5) is 40.7 Å². The van der Waals surface area contributed by atoms with Gasteiger partial charge in [0.1, 0.15) is 51.6 Å². The fourth-order valence-electron chi connectivity index (χ4n) is 9.92. The van der Waals surface area contributed by atoms with Crippen molar-refractivity contribution in [2.45, 2.75) is 76.8 Å². The molecule has 0 bridgehead atoms. The summed E-state index contributed by atoms with van der Waals surface area (Å²) in [5.41, 5.74) is 1.83. The van der Waals surface area contributed by atoms with E-state index < -0.39 is 5.97 Å². The smallest absolute Gasteiger partial charge is 0.311 e. The third kappa shape index (κ3) is 11.0. The van der Waals surface area contributed by atoms with Gasteiger partial charge >= 0.3 is 11.5 Å². The lowest BCUT2D eigenvalue weighted by Gasteiger charge is -2.32. The normalized spacial score (nSPS) is 18.8. The number of aliphatic carboxylic acids is 1. The van der Waals surface area contributed by atoms with Crippen LogP contribution in [0.3, 0.4) is 0 Å². The monoisotopic (exact) mass is 942 g/mol. The zero-order valence-corrected chi connectivity index (χ0v) is 38.9. The lowest BCUT2D eigenvalue weighted by Crippen LogP contribution is -2.61. The molecule has 9 heterocycles. The molecule has 0 spiro atoms. The molecule has 6 N–H and O–H groups in total. The molecular weight excluding hydrogens is 881 g/mol. The summed E-state index contributed by atoms with van der Waals surface area (Å²) in [5.74, 6) is 3.02. The number of nitrogens with one attached hydrogen (secondary N) is 5. The molecule has 69 heavy (non-hydrogen) atoms. The molecule has 6 aromatic rings. The Morgan fingerprint density at radius 3 is 2.01 bits per heavy atom. The standard InChI is InChI=1S/C48H60N16O5/c65-40(66)27-32-15-22-61(23-16-32)38-14-11-34(28-50-38)53-44-42-37(55-48(57-44)63-20-7-3-4-8-21-63)30-64(59-46(42)68)39-31-60(24-17-49-39)25-26-69-35-12-9-33(10-13-35)52-43-41-36(29-51-58-45(41)67)54-47(56-43)62-18-5-1-2-6-19-62/h9-14,28-30,32,39,49H,1-8,15-27,31H2,(H4-,52,53,54,55,56,57,58,59,65,66,67,68)/p+1. The molecule has 21 heteroatoms. The summed E-state index contributed by atoms with van der Waals surface area (Å²) in [6.45, 7) is 8.23. The van der Waals surface area contributed by atoms with Crippen LogP contribution in [0.5, 0.6) is 5.75 Å². The van der Waals surface area contributed by atoms with E-state index in [-0.39, 0.29) is 29.6 Å². The Kier molecular flexibility index (Phi) is 14.0. The summed E-state index contributed by atoms with van der Waals surface area (Å²) in [7, 11) is 0. The van der Waals surface area contributed by atoms with Crippen molar-refractivity contribution >= 4 is 68.5 Å². The Balaban J connectivity index is 0.799. The van der Waals surface area contributed by atoms with Crippen molar-refractivity contribution in [2.75, 3.05) is 97.4 Å². The largest absolute Gasteiger partial charge is 0.492 e. The number of aromatic amines is 2. The molecule has 0 saturated carbocycles. The van der Waals surface area contributed by atoms with Crippen molar-refractivity contribution in [1.82, 2.24) is 50.4 Å². The number of carboxylic acids is 1. The molecule has 0 amide bonds. The van der Waals surface area contributed by atoms with E-state index in [1.54, 1.807) is 12.4 Å². The summed E-state index contributed by atoms with van der Waals surface area (Å²) in [6, 6.07) is 11.5. The van der Waals surface area contributed by atoms with E-state index in [1.807, 2.05) is 47.3 Å². The molecule has 4 saturated heterocycles. The van der Waals surface area contributed by atoms with Crippen LogP contribution in [0.1, 0.15) is 76.8 Å². The van der Waals surface area contributed by atoms with E-state index in [1.165, 1.54) is 12.8 Å². The Labute approximate surface area is 398 Å². The Morgan fingerprint density at radius 2 is 1.36 bits per heavy atom. The maximum Gasteiger partial charge on any atom is 0.311 e. The number of carboxylic acid groups (broad SMARTS) is 1. The van der Waals surface area contributed by atoms with Gasteiger partial charge in [-0.1, -0.05) is 30.4 Å². The Morgan fingerprint density at radius 1 is 0.725 bits per heavy atom. The lowest BCUT2D eigenvalue weighted by molar-refractivity contribution is -0.783. The van der Waals surface area contributed by atoms with Crippen LogP contribution in [0.2, 0.25) is 0 Å². The van der Waals surface area contributed by atoms with Crippen molar-refractivity contribution in [3.05, 3.63) is 75.7 Å². The van der Waals surface area contributed by atoms with Crippen molar-refractivity contribution in [1.29, 1.82) is 0 Å². The first-order valence-corrected chi connectivity index (χ1v) is 24.6. The third-order valence-electron chi connectivity index (χ3n) is 13.7. The molecule has 10 rings (SSSR count). The van der Waals surface area contributed by atoms with Crippen molar-refractivity contribution in [2.24, 2.45) is 5.92 Å². The molecule has 362 valence electrons. The summed E-state index contributed by atoms with van der Waals surface area (Å²) < 4.78 is 8.05. The van der Waals surface area contributed by atoms with Crippen LogP contribution >= 0.6 is 0 Å². The minimum Gasteiger partial charge on any atom is -0.492 e. The molecule has 21 nitrogen and oxygen atoms in total. The van der Waals surface area contributed by atoms with Crippen LogP contribution in [-0.4, -0.2) is 128 Å². The van der Waals surface area contributed by atoms with Crippen LogP contribution in [-0.2, 0) is 4.79 Å². The van der Waals surface area contributed by atoms with Gasteiger partial charge in [0.15, 0.2) is 0 Å². The van der Waals surface area contributed by atoms with Crippen LogP contribution < -0.4 is 51.2 Å². The SMILES string of the molecule is O=C(O)CC1CCN(c2ccc(Nc3nc(N4CCCCCC4)nc4c[n+](C5CN(CCOc6ccc(Nc7nc(N8CCCCCC8)nc8cn[nH]c(=O)c78)cc6)CCN5)[nH]c(=O)c34)cn2)CC1. The number of piperazine rings is 1. The van der Waals surface area contributed by atoms with Gasteiger partial charge in [-0.2, -0.15) is 15.1 Å². The first kappa shape index (κ1) is 45.8. The molecule has 1 aromatic carbocycles. The highest BCUT2D eigenvalue weighted by Crippen LogP contribution is 2.29. The molecule has 1 atom stereocenters. The predicted octanol–water partition coefficient (Wildman–Crippen LogP) is 4.45. The van der Waals surface area contributed by atoms with E-state index >= 15 is 0 Å². The highest BCUT2D eigenvalue weighted by molar-refractivity contribution is 5.91. The number of ether oxygens (including phenoxy) is 1. The molecule has 4 fully saturated rings. The van der Waals surface area contributed by atoms with Gasteiger partial charge < -0.3 is 35.2 Å². The summed E-state index contributed by atoms with van der Waals surface area (Å²) in [6.07, 6.45) is 15.8. The number of pyridine rings is 1. The van der Waals surface area contributed by atoms with Gasteiger partial charge in [0.2, 0.25) is 24.3 Å². The van der Waals surface area contributed by atoms with Crippen LogP contribution in [0.15, 0.2) is 64.6 Å². The first-order valence-electron chi connectivity index (χ1n) is 24.6. The fraction of sp³-hybridized carbons (Fsp3) is 0.500. The molecule has 0 aliphatic carbocycles. The van der Waals surface area contributed by atoms with Crippen LogP contribution in [0.25, 0.3) is 21.8 Å². The third-order valence-corrected chi connectivity index (χ3v) is 13.7. The summed E-state index contributed by atoms with van der Waals surface area (Å²) in [5, 5.41) is 29.9. The second kappa shape index (κ2) is 21.1. The summed E-state index contributed by atoms with van der Waals surface area (Å²) in [4.78, 5) is 71.4. The number of carbonyl (C=O) groups is 1. The van der Waals surface area contributed by atoms with E-state index in [2.05, 4.69) is 50.8 Å². The number of hydrogen-bond donors (Lipinski definition) is 6. The number of aromatic nitrogens is 9. The second-order valence-electron chi connectivity index (χ2n) is 18.6. The predicted molar refractivity (Wildman–Crippen MR) is 263 cm³/mol. The van der Waals surface area contributed by atoms with Gasteiger partial charge in [-0.3, -0.25) is 24.6 Å². The Hall–Kier alpha value is -7.00. The van der Waals surface area contributed by atoms with Gasteiger partial charge in [-0.15, -0.1) is 5.10 Å². The van der Waals surface area contributed by atoms with Gasteiger partial charge in [0, 0.05) is 71.0 Å². The minimum atomic E-state index is -0.747. The highest BCUT2D eigenvalue weighted by atomic mass is 16.5. The fourth-order valence-corrected chi connectivity index (χ4v) is 9.92. The zero-order chi connectivity index (χ0) is 47.1. The van der Waals surface area contributed by atoms with Crippen molar-refractivity contribution < 1.29 is 19.3 Å². The lowest BCUT2D eigenvalue weighted by atomic mass is 9.94. The molecule has 4 aliphatic heterocycles. The maximum absolute atomic E-state index is 14.1. The first-order chi connectivity index (χ1) is 33.8. The average molecular weight is 942 g/mol. The number of H-pyrrole nitrogens is 2. The number of rotatable bonds is 14. The zero-order valence-electron chi connectivity index (χ0n) is 38.9. The molecule has 0 radical (unpaired) electrons. The quantitative estimate of drug-likeness (QED) is 0.0827. The molecular formula is C48H61N16O5+.